The number of carboxylic acid groups (broad SMARTS) is 1. The summed E-state index contributed by atoms with van der Waals surface area (Å²) in [6.07, 6.45) is 11.1. The number of carbonyl (C=O) groups excluding carboxylic acids is 1. The Morgan fingerprint density at radius 3 is 2.50 bits per heavy atom. The molecule has 6 heteroatoms. The number of halogens is 1. The number of benzene rings is 2. The third kappa shape index (κ3) is 7.16. The average Bonchev–Trinajstić information content (AvgIpc) is 2.88. The maximum atomic E-state index is 11.8. The first-order valence-electron chi connectivity index (χ1n) is 13.5. The highest BCUT2D eigenvalue weighted by molar-refractivity contribution is 7.99. The second-order valence-electron chi connectivity index (χ2n) is 9.91. The fourth-order valence-corrected chi connectivity index (χ4v) is 6.58. The van der Waals surface area contributed by atoms with E-state index < -0.39 is 12.0 Å². The fraction of sp³-hybridized carbons (Fsp3) is 0.500. The van der Waals surface area contributed by atoms with Crippen molar-refractivity contribution in [2.24, 2.45) is 0 Å². The summed E-state index contributed by atoms with van der Waals surface area (Å²) in [5.74, 6) is -0.909. The first kappa shape index (κ1) is 27.3. The van der Waals surface area contributed by atoms with Gasteiger partial charge in [0.05, 0.1) is 5.97 Å². The number of fused-ring (bicyclic) bond motifs is 2. The summed E-state index contributed by atoms with van der Waals surface area (Å²) in [5.41, 5.74) is 3.74. The predicted octanol–water partition coefficient (Wildman–Crippen LogP) is 6.11. The number of unbranched alkanes of at least 4 members (excludes halogenated alkanes) is 5. The van der Waals surface area contributed by atoms with Gasteiger partial charge in [0.1, 0.15) is 0 Å². The third-order valence-electron chi connectivity index (χ3n) is 7.37. The van der Waals surface area contributed by atoms with Crippen molar-refractivity contribution in [3.63, 3.8) is 0 Å². The van der Waals surface area contributed by atoms with E-state index in [0.29, 0.717) is 6.42 Å². The molecule has 1 atom stereocenters. The van der Waals surface area contributed by atoms with E-state index in [2.05, 4.69) is 59.2 Å². The molecule has 2 aromatic rings. The second-order valence-corrected chi connectivity index (χ2v) is 11.4. The van der Waals surface area contributed by atoms with Crippen molar-refractivity contribution in [1.82, 2.24) is 9.80 Å². The molecule has 2 aliphatic rings. The molecule has 0 aromatic heterocycles. The Labute approximate surface area is 225 Å². The van der Waals surface area contributed by atoms with Gasteiger partial charge in [-0.1, -0.05) is 93.1 Å². The standard InChI is InChI=1S/C30H39ClN2O2S/c1-2-3-4-5-6-7-13-27(30(34)35)33-20-18-32(19-21-33)17-10-12-24-25-11-8-9-14-28(25)36-29-16-15-23(31)22-26(24)29/h8-9,11-12,14-16,22,27H,2-7,10,13,17-21H2,1H3,(H,34,35)/p-1/b24-12+. The number of carbonyl (C=O) groups is 1. The quantitative estimate of drug-likeness (QED) is 0.267. The van der Waals surface area contributed by atoms with Gasteiger partial charge < -0.3 is 14.8 Å². The van der Waals surface area contributed by atoms with Crippen LogP contribution in [0.15, 0.2) is 58.3 Å². The Morgan fingerprint density at radius 2 is 1.72 bits per heavy atom. The van der Waals surface area contributed by atoms with Gasteiger partial charge in [0.25, 0.3) is 0 Å². The summed E-state index contributed by atoms with van der Waals surface area (Å²) in [7, 11) is 0. The van der Waals surface area contributed by atoms with Gasteiger partial charge in [-0.3, -0.25) is 4.90 Å². The highest BCUT2D eigenvalue weighted by atomic mass is 35.5. The van der Waals surface area contributed by atoms with E-state index in [1.807, 2.05) is 6.07 Å². The van der Waals surface area contributed by atoms with E-state index in [9.17, 15) is 9.90 Å². The third-order valence-corrected chi connectivity index (χ3v) is 8.76. The number of rotatable bonds is 12. The Kier molecular flexibility index (Phi) is 10.3. The van der Waals surface area contributed by atoms with E-state index in [-0.39, 0.29) is 0 Å². The van der Waals surface area contributed by atoms with Gasteiger partial charge in [-0.05, 0) is 53.8 Å². The Hall–Kier alpha value is -1.79. The molecule has 2 heterocycles. The maximum absolute atomic E-state index is 11.8. The van der Waals surface area contributed by atoms with Crippen LogP contribution in [0.4, 0.5) is 0 Å². The van der Waals surface area contributed by atoms with Crippen LogP contribution in [-0.4, -0.2) is 54.5 Å². The Morgan fingerprint density at radius 1 is 1.00 bits per heavy atom. The normalized spacial score (nSPS) is 18.1. The van der Waals surface area contributed by atoms with Crippen LogP contribution < -0.4 is 5.11 Å². The average molecular weight is 526 g/mol. The van der Waals surface area contributed by atoms with E-state index in [0.717, 1.165) is 57.0 Å². The predicted molar refractivity (Wildman–Crippen MR) is 149 cm³/mol. The van der Waals surface area contributed by atoms with E-state index in [1.54, 1.807) is 11.8 Å². The molecular weight excluding hydrogens is 488 g/mol. The Bertz CT molecular complexity index is 1050. The lowest BCUT2D eigenvalue weighted by atomic mass is 9.96. The second kappa shape index (κ2) is 13.7. The fourth-order valence-electron chi connectivity index (χ4n) is 5.32. The molecule has 36 heavy (non-hydrogen) atoms. The van der Waals surface area contributed by atoms with Crippen LogP contribution in [0.5, 0.6) is 0 Å². The van der Waals surface area contributed by atoms with Crippen LogP contribution >= 0.6 is 23.4 Å². The summed E-state index contributed by atoms with van der Waals surface area (Å²) in [5, 5.41) is 12.6. The summed E-state index contributed by atoms with van der Waals surface area (Å²) in [6, 6.07) is 14.3. The van der Waals surface area contributed by atoms with E-state index >= 15 is 0 Å². The molecule has 0 amide bonds. The molecule has 0 radical (unpaired) electrons. The monoisotopic (exact) mass is 525 g/mol. The maximum Gasteiger partial charge on any atom is 0.0586 e. The van der Waals surface area contributed by atoms with Crippen molar-refractivity contribution in [2.45, 2.75) is 74.1 Å². The lowest BCUT2D eigenvalue weighted by Crippen LogP contribution is -2.55. The first-order chi connectivity index (χ1) is 17.6. The number of carboxylic acids is 1. The van der Waals surface area contributed by atoms with Crippen molar-refractivity contribution < 1.29 is 9.90 Å². The molecule has 1 unspecified atom stereocenters. The molecule has 0 N–H and O–H groups in total. The van der Waals surface area contributed by atoms with Gasteiger partial charge in [0.2, 0.25) is 0 Å². The molecule has 0 aliphatic carbocycles. The van der Waals surface area contributed by atoms with Crippen LogP contribution in [0.2, 0.25) is 5.02 Å². The number of nitrogens with zero attached hydrogens (tertiary/aromatic N) is 2. The van der Waals surface area contributed by atoms with Crippen molar-refractivity contribution in [2.75, 3.05) is 32.7 Å². The first-order valence-corrected chi connectivity index (χ1v) is 14.7. The molecule has 2 aromatic carbocycles. The van der Waals surface area contributed by atoms with Crippen LogP contribution in [-0.2, 0) is 4.79 Å². The molecule has 1 fully saturated rings. The highest BCUT2D eigenvalue weighted by Gasteiger charge is 2.25. The van der Waals surface area contributed by atoms with Crippen LogP contribution in [0.1, 0.15) is 69.4 Å². The van der Waals surface area contributed by atoms with E-state index in [4.69, 9.17) is 11.6 Å². The molecule has 0 saturated carbocycles. The number of hydrogen-bond acceptors (Lipinski definition) is 5. The summed E-state index contributed by atoms with van der Waals surface area (Å²) in [4.78, 5) is 18.9. The number of aliphatic carboxylic acids is 1. The molecular formula is C30H38ClN2O2S-. The molecule has 4 rings (SSSR count). The van der Waals surface area contributed by atoms with Gasteiger partial charge in [-0.25, -0.2) is 0 Å². The minimum Gasteiger partial charge on any atom is -0.548 e. The molecule has 2 aliphatic heterocycles. The van der Waals surface area contributed by atoms with Crippen molar-refractivity contribution in [3.05, 3.63) is 64.7 Å². The lowest BCUT2D eigenvalue weighted by Gasteiger charge is -2.39. The number of piperazine rings is 1. The summed E-state index contributed by atoms with van der Waals surface area (Å²) in [6.45, 7) is 6.57. The minimum atomic E-state index is -0.909. The van der Waals surface area contributed by atoms with Gasteiger partial charge in [0, 0.05) is 53.6 Å². The molecule has 194 valence electrons. The molecule has 0 spiro atoms. The zero-order valence-electron chi connectivity index (χ0n) is 21.4. The van der Waals surface area contributed by atoms with Gasteiger partial charge in [-0.2, -0.15) is 0 Å². The molecule has 1 saturated heterocycles. The smallest absolute Gasteiger partial charge is 0.0586 e. The van der Waals surface area contributed by atoms with Crippen molar-refractivity contribution in [3.8, 4) is 0 Å². The largest absolute Gasteiger partial charge is 0.548 e. The van der Waals surface area contributed by atoms with Gasteiger partial charge in [-0.15, -0.1) is 0 Å². The van der Waals surface area contributed by atoms with E-state index in [1.165, 1.54) is 52.2 Å². The highest BCUT2D eigenvalue weighted by Crippen LogP contribution is 2.46. The summed E-state index contributed by atoms with van der Waals surface area (Å²) < 4.78 is 0. The summed E-state index contributed by atoms with van der Waals surface area (Å²) >= 11 is 8.15. The van der Waals surface area contributed by atoms with Crippen molar-refractivity contribution >= 4 is 34.9 Å². The number of hydrogen-bond donors (Lipinski definition) is 0. The SMILES string of the molecule is CCCCCCCCC(C(=O)[O-])N1CCN(CC/C=C2\c3ccccc3Sc3ccc(Cl)cc32)CC1. The van der Waals surface area contributed by atoms with Crippen LogP contribution in [0, 0.1) is 0 Å². The van der Waals surface area contributed by atoms with Gasteiger partial charge in [0.15, 0.2) is 0 Å². The zero-order valence-corrected chi connectivity index (χ0v) is 23.0. The van der Waals surface area contributed by atoms with Crippen LogP contribution in [0.3, 0.4) is 0 Å². The molecule has 0 bridgehead atoms. The van der Waals surface area contributed by atoms with Crippen molar-refractivity contribution in [1.29, 1.82) is 0 Å². The topological polar surface area (TPSA) is 46.6 Å². The lowest BCUT2D eigenvalue weighted by molar-refractivity contribution is -0.312. The molecule has 4 nitrogen and oxygen atoms in total. The van der Waals surface area contributed by atoms with Gasteiger partial charge >= 0.3 is 0 Å². The Balaban J connectivity index is 1.30. The van der Waals surface area contributed by atoms with Crippen LogP contribution in [0.25, 0.3) is 5.57 Å². The minimum absolute atomic E-state index is 0.446. The zero-order chi connectivity index (χ0) is 25.3.